The first-order valence-electron chi connectivity index (χ1n) is 1.96. The van der Waals surface area contributed by atoms with Gasteiger partial charge < -0.3 is 4.74 Å². The van der Waals surface area contributed by atoms with E-state index in [4.69, 9.17) is 4.74 Å². The fourth-order valence-corrected chi connectivity index (χ4v) is 0.322. The third-order valence-electron chi connectivity index (χ3n) is 0.854. The summed E-state index contributed by atoms with van der Waals surface area (Å²) in [6.07, 6.45) is 0. The maximum absolute atomic E-state index is 4.79. The van der Waals surface area contributed by atoms with E-state index >= 15 is 0 Å². The first-order valence-corrected chi connectivity index (χ1v) is 1.96. The lowest BCUT2D eigenvalue weighted by Crippen LogP contribution is -2.27. The van der Waals surface area contributed by atoms with Crippen LogP contribution in [0.5, 0.6) is 0 Å². The Kier molecular flexibility index (Phi) is 0.881. The summed E-state index contributed by atoms with van der Waals surface area (Å²) in [5.74, 6) is 0. The minimum absolute atomic E-state index is 0.760. The molecule has 0 aromatic carbocycles. The largest absolute Gasteiger partial charge is 0.369 e. The van der Waals surface area contributed by atoms with Crippen LogP contribution in [0.25, 0.3) is 0 Å². The lowest BCUT2D eigenvalue weighted by Gasteiger charge is -2.13. The Bertz CT molecular complexity index is 71.6. The molecular weight excluding hydrogens is 78.0 g/mol. The molecule has 0 aromatic heterocycles. The van der Waals surface area contributed by atoms with E-state index in [2.05, 4.69) is 4.99 Å². The van der Waals surface area contributed by atoms with E-state index in [0.29, 0.717) is 0 Å². The van der Waals surface area contributed by atoms with Crippen LogP contribution >= 0.6 is 0 Å². The maximum Gasteiger partial charge on any atom is 0.0872 e. The standard InChI is InChI=1S/C4H7NO/c1-5-4-2-6-3-4/h2-3H2,1H3. The van der Waals surface area contributed by atoms with Crippen molar-refractivity contribution >= 4 is 5.71 Å². The molecule has 2 nitrogen and oxygen atoms in total. The molecule has 0 saturated carbocycles. The molecule has 2 heteroatoms. The molecule has 34 valence electrons. The molecule has 0 aliphatic carbocycles. The fourth-order valence-electron chi connectivity index (χ4n) is 0.322. The van der Waals surface area contributed by atoms with Gasteiger partial charge >= 0.3 is 0 Å². The van der Waals surface area contributed by atoms with E-state index in [-0.39, 0.29) is 0 Å². The Labute approximate surface area is 36.8 Å². The summed E-state index contributed by atoms with van der Waals surface area (Å²) in [5.41, 5.74) is 1.18. The number of hydrogen-bond donors (Lipinski definition) is 0. The van der Waals surface area contributed by atoms with E-state index in [1.807, 2.05) is 0 Å². The van der Waals surface area contributed by atoms with Crippen LogP contribution in [0.2, 0.25) is 0 Å². The summed E-state index contributed by atoms with van der Waals surface area (Å²) in [4.78, 5) is 3.89. The van der Waals surface area contributed by atoms with E-state index in [1.165, 1.54) is 5.71 Å². The van der Waals surface area contributed by atoms with Crippen molar-refractivity contribution in [3.63, 3.8) is 0 Å². The molecule has 1 rings (SSSR count). The zero-order chi connectivity index (χ0) is 4.41. The third kappa shape index (κ3) is 0.431. The predicted octanol–water partition coefficient (Wildman–Crippen LogP) is 0.0874. The van der Waals surface area contributed by atoms with E-state index in [0.717, 1.165) is 13.2 Å². The molecule has 1 aliphatic heterocycles. The molecule has 0 atom stereocenters. The number of ether oxygens (including phenoxy) is 1. The highest BCUT2D eigenvalue weighted by molar-refractivity contribution is 5.90. The smallest absolute Gasteiger partial charge is 0.0872 e. The van der Waals surface area contributed by atoms with Crippen molar-refractivity contribution in [2.24, 2.45) is 4.99 Å². The van der Waals surface area contributed by atoms with Gasteiger partial charge in [0.15, 0.2) is 0 Å². The van der Waals surface area contributed by atoms with Gasteiger partial charge in [-0.3, -0.25) is 4.99 Å². The van der Waals surface area contributed by atoms with Crippen LogP contribution in [0, 0.1) is 0 Å². The van der Waals surface area contributed by atoms with Crippen LogP contribution in [0.4, 0.5) is 0 Å². The van der Waals surface area contributed by atoms with Gasteiger partial charge in [0, 0.05) is 7.05 Å². The van der Waals surface area contributed by atoms with Crippen LogP contribution < -0.4 is 0 Å². The Balaban J connectivity index is 2.34. The van der Waals surface area contributed by atoms with Gasteiger partial charge in [-0.15, -0.1) is 0 Å². The summed E-state index contributed by atoms with van der Waals surface area (Å²) in [5, 5.41) is 0. The number of nitrogens with zero attached hydrogens (tertiary/aromatic N) is 1. The Morgan fingerprint density at radius 3 is 2.33 bits per heavy atom. The molecule has 0 aromatic rings. The molecule has 0 amide bonds. The Hall–Kier alpha value is -0.370. The number of hydrogen-bond acceptors (Lipinski definition) is 2. The van der Waals surface area contributed by atoms with E-state index in [9.17, 15) is 0 Å². The number of rotatable bonds is 0. The molecule has 1 fully saturated rings. The van der Waals surface area contributed by atoms with Crippen molar-refractivity contribution < 1.29 is 4.74 Å². The van der Waals surface area contributed by atoms with Crippen LogP contribution in [0.15, 0.2) is 4.99 Å². The highest BCUT2D eigenvalue weighted by Gasteiger charge is 2.07. The van der Waals surface area contributed by atoms with Crippen molar-refractivity contribution in [2.45, 2.75) is 0 Å². The molecule has 1 saturated heterocycles. The second-order valence-corrected chi connectivity index (χ2v) is 1.28. The van der Waals surface area contributed by atoms with E-state index in [1.54, 1.807) is 7.05 Å². The van der Waals surface area contributed by atoms with Crippen molar-refractivity contribution in [1.82, 2.24) is 0 Å². The quantitative estimate of drug-likeness (QED) is 0.408. The van der Waals surface area contributed by atoms with Gasteiger partial charge in [-0.1, -0.05) is 0 Å². The molecule has 0 spiro atoms. The van der Waals surface area contributed by atoms with Crippen LogP contribution in [0.3, 0.4) is 0 Å². The predicted molar refractivity (Wildman–Crippen MR) is 24.2 cm³/mol. The van der Waals surface area contributed by atoms with Crippen LogP contribution in [-0.4, -0.2) is 26.0 Å². The molecule has 0 unspecified atom stereocenters. The molecule has 0 bridgehead atoms. The summed E-state index contributed by atoms with van der Waals surface area (Å²) < 4.78 is 4.79. The fraction of sp³-hybridized carbons (Fsp3) is 0.750. The minimum atomic E-state index is 0.760. The minimum Gasteiger partial charge on any atom is -0.369 e. The maximum atomic E-state index is 4.79. The summed E-state index contributed by atoms with van der Waals surface area (Å²) in [7, 11) is 1.79. The van der Waals surface area contributed by atoms with Crippen LogP contribution in [0.1, 0.15) is 0 Å². The zero-order valence-electron chi connectivity index (χ0n) is 3.77. The van der Waals surface area contributed by atoms with Gasteiger partial charge in [-0.25, -0.2) is 0 Å². The second kappa shape index (κ2) is 1.39. The van der Waals surface area contributed by atoms with Crippen molar-refractivity contribution in [3.05, 3.63) is 0 Å². The average molecular weight is 85.1 g/mol. The van der Waals surface area contributed by atoms with Gasteiger partial charge in [0.1, 0.15) is 0 Å². The molecule has 0 radical (unpaired) electrons. The van der Waals surface area contributed by atoms with Crippen molar-refractivity contribution in [1.29, 1.82) is 0 Å². The van der Waals surface area contributed by atoms with Gasteiger partial charge in [-0.2, -0.15) is 0 Å². The van der Waals surface area contributed by atoms with Gasteiger partial charge in [0.05, 0.1) is 18.9 Å². The van der Waals surface area contributed by atoms with Crippen molar-refractivity contribution in [3.8, 4) is 0 Å². The molecular formula is C4H7NO. The first-order chi connectivity index (χ1) is 2.93. The summed E-state index contributed by atoms with van der Waals surface area (Å²) in [6.45, 7) is 1.52. The average Bonchev–Trinajstić information content (AvgIpc) is 1.31. The second-order valence-electron chi connectivity index (χ2n) is 1.28. The van der Waals surface area contributed by atoms with Gasteiger partial charge in [-0.05, 0) is 0 Å². The van der Waals surface area contributed by atoms with E-state index < -0.39 is 0 Å². The Morgan fingerprint density at radius 1 is 1.67 bits per heavy atom. The molecule has 6 heavy (non-hydrogen) atoms. The molecule has 1 heterocycles. The Morgan fingerprint density at radius 2 is 2.33 bits per heavy atom. The van der Waals surface area contributed by atoms with Gasteiger partial charge in [0.25, 0.3) is 0 Å². The summed E-state index contributed by atoms with van der Waals surface area (Å²) in [6, 6.07) is 0. The van der Waals surface area contributed by atoms with Crippen LogP contribution in [-0.2, 0) is 4.74 Å². The zero-order valence-corrected chi connectivity index (χ0v) is 3.77. The lowest BCUT2D eigenvalue weighted by molar-refractivity contribution is 0.159. The summed E-state index contributed by atoms with van der Waals surface area (Å²) >= 11 is 0. The van der Waals surface area contributed by atoms with Crippen molar-refractivity contribution in [2.75, 3.05) is 20.3 Å². The topological polar surface area (TPSA) is 21.6 Å². The van der Waals surface area contributed by atoms with Gasteiger partial charge in [0.2, 0.25) is 0 Å². The highest BCUT2D eigenvalue weighted by Crippen LogP contribution is 1.92. The SMILES string of the molecule is CN=C1COC1. The third-order valence-corrected chi connectivity index (χ3v) is 0.854. The highest BCUT2D eigenvalue weighted by atomic mass is 16.5. The monoisotopic (exact) mass is 85.1 g/mol. The first kappa shape index (κ1) is 3.81. The molecule has 1 aliphatic rings. The lowest BCUT2D eigenvalue weighted by atomic mass is 10.3. The molecule has 0 N–H and O–H groups in total. The number of aliphatic imine (C=N–C) groups is 1. The normalized spacial score (nSPS) is 19.8.